The van der Waals surface area contributed by atoms with E-state index in [2.05, 4.69) is 25.7 Å². The molecule has 9 heteroatoms. The number of halogens is 2. The number of rotatable bonds is 4. The van der Waals surface area contributed by atoms with Gasteiger partial charge < -0.3 is 15.5 Å². The fourth-order valence-corrected chi connectivity index (χ4v) is 2.73. The number of nitrogens with two attached hydrogens (primary N) is 1. The van der Waals surface area contributed by atoms with Crippen molar-refractivity contribution in [2.75, 3.05) is 11.1 Å². The number of H-pyrrole nitrogens is 1. The molecule has 4 rings (SSSR count). The predicted molar refractivity (Wildman–Crippen MR) is 97.6 cm³/mol. The first-order valence-electron chi connectivity index (χ1n) is 7.35. The fraction of sp³-hybridized carbons (Fsp3) is 0.0625. The average molecular weight is 375 g/mol. The summed E-state index contributed by atoms with van der Waals surface area (Å²) >= 11 is 11.9. The van der Waals surface area contributed by atoms with E-state index < -0.39 is 0 Å². The van der Waals surface area contributed by atoms with Crippen molar-refractivity contribution in [3.8, 4) is 11.5 Å². The van der Waals surface area contributed by atoms with Crippen LogP contribution in [0.3, 0.4) is 0 Å². The highest BCUT2D eigenvalue weighted by molar-refractivity contribution is 6.42. The zero-order chi connectivity index (χ0) is 17.4. The number of nitrogens with one attached hydrogen (secondary N) is 2. The van der Waals surface area contributed by atoms with Crippen LogP contribution in [-0.2, 0) is 6.54 Å². The Bertz CT molecular complexity index is 1060. The summed E-state index contributed by atoms with van der Waals surface area (Å²) in [5.74, 6) is 0.813. The van der Waals surface area contributed by atoms with Gasteiger partial charge in [0.25, 0.3) is 0 Å². The van der Waals surface area contributed by atoms with Crippen LogP contribution in [0.5, 0.6) is 0 Å². The molecule has 0 aliphatic carbocycles. The Kier molecular flexibility index (Phi) is 3.95. The Hall–Kier alpha value is -2.77. The van der Waals surface area contributed by atoms with Crippen molar-refractivity contribution >= 4 is 45.9 Å². The molecule has 0 saturated heterocycles. The van der Waals surface area contributed by atoms with Crippen molar-refractivity contribution in [1.82, 2.24) is 20.4 Å². The van der Waals surface area contributed by atoms with Crippen molar-refractivity contribution in [3.05, 3.63) is 52.0 Å². The van der Waals surface area contributed by atoms with E-state index in [0.29, 0.717) is 34.3 Å². The molecule has 25 heavy (non-hydrogen) atoms. The number of nitrogens with zero attached hydrogens (tertiary/aromatic N) is 3. The van der Waals surface area contributed by atoms with Crippen LogP contribution in [-0.4, -0.2) is 20.4 Å². The maximum absolute atomic E-state index is 6.00. The van der Waals surface area contributed by atoms with Gasteiger partial charge in [0.2, 0.25) is 5.89 Å². The lowest BCUT2D eigenvalue weighted by molar-refractivity contribution is 0.581. The average Bonchev–Trinajstić information content (AvgIpc) is 3.23. The lowest BCUT2D eigenvalue weighted by atomic mass is 10.1. The Morgan fingerprint density at radius 2 is 1.96 bits per heavy atom. The number of aromatic amines is 1. The Morgan fingerprint density at radius 3 is 2.80 bits per heavy atom. The van der Waals surface area contributed by atoms with Crippen LogP contribution in [0.4, 0.5) is 11.8 Å². The lowest BCUT2D eigenvalue weighted by Gasteiger charge is -2.03. The number of benzene rings is 2. The number of hydrogen-bond acceptors (Lipinski definition) is 6. The summed E-state index contributed by atoms with van der Waals surface area (Å²) in [4.78, 5) is 0. The normalized spacial score (nSPS) is 11.1. The Balaban J connectivity index is 1.52. The molecular formula is C16H12Cl2N6O. The summed E-state index contributed by atoms with van der Waals surface area (Å²) in [6.45, 7) is 0.478. The highest BCUT2D eigenvalue weighted by Gasteiger charge is 2.11. The van der Waals surface area contributed by atoms with Gasteiger partial charge in [-0.3, -0.25) is 5.10 Å². The second-order valence-corrected chi connectivity index (χ2v) is 6.20. The first-order valence-corrected chi connectivity index (χ1v) is 8.11. The molecule has 0 aliphatic rings. The standard InChI is InChI=1S/C16H12Cl2N6O/c17-11-3-1-8(5-12(11)18)7-20-16-24-23-15(25-16)9-2-4-13-10(6-9)14(19)22-21-13/h1-6H,7H2,(H,20,24)(H3,19,21,22). The summed E-state index contributed by atoms with van der Waals surface area (Å²) < 4.78 is 5.65. The third-order valence-corrected chi connectivity index (χ3v) is 4.43. The van der Waals surface area contributed by atoms with Gasteiger partial charge in [-0.1, -0.05) is 34.4 Å². The number of aromatic nitrogens is 4. The third-order valence-electron chi connectivity index (χ3n) is 3.69. The van der Waals surface area contributed by atoms with E-state index in [4.69, 9.17) is 33.4 Å². The Morgan fingerprint density at radius 1 is 1.08 bits per heavy atom. The van der Waals surface area contributed by atoms with Gasteiger partial charge in [0.1, 0.15) is 0 Å². The van der Waals surface area contributed by atoms with Crippen molar-refractivity contribution < 1.29 is 4.42 Å². The van der Waals surface area contributed by atoms with Crippen molar-refractivity contribution in [2.24, 2.45) is 0 Å². The molecule has 0 saturated carbocycles. The molecule has 126 valence electrons. The molecular weight excluding hydrogens is 363 g/mol. The first kappa shape index (κ1) is 15.7. The molecule has 7 nitrogen and oxygen atoms in total. The Labute approximate surface area is 152 Å². The summed E-state index contributed by atoms with van der Waals surface area (Å²) in [6, 6.07) is 11.3. The van der Waals surface area contributed by atoms with Gasteiger partial charge in [-0.2, -0.15) is 5.10 Å². The van der Waals surface area contributed by atoms with Crippen LogP contribution in [0, 0.1) is 0 Å². The van der Waals surface area contributed by atoms with E-state index in [1.165, 1.54) is 0 Å². The van der Waals surface area contributed by atoms with E-state index in [9.17, 15) is 0 Å². The minimum Gasteiger partial charge on any atom is -0.403 e. The van der Waals surface area contributed by atoms with Gasteiger partial charge in [-0.15, -0.1) is 5.10 Å². The maximum Gasteiger partial charge on any atom is 0.316 e. The highest BCUT2D eigenvalue weighted by Crippen LogP contribution is 2.27. The van der Waals surface area contributed by atoms with Gasteiger partial charge >= 0.3 is 6.01 Å². The monoisotopic (exact) mass is 374 g/mol. The quantitative estimate of drug-likeness (QED) is 0.496. The topological polar surface area (TPSA) is 106 Å². The van der Waals surface area contributed by atoms with E-state index in [-0.39, 0.29) is 0 Å². The van der Waals surface area contributed by atoms with E-state index in [0.717, 1.165) is 22.0 Å². The van der Waals surface area contributed by atoms with Crippen molar-refractivity contribution in [1.29, 1.82) is 0 Å². The van der Waals surface area contributed by atoms with Gasteiger partial charge in [0, 0.05) is 17.5 Å². The zero-order valence-electron chi connectivity index (χ0n) is 12.8. The summed E-state index contributed by atoms with van der Waals surface area (Å²) in [6.07, 6.45) is 0. The minimum atomic E-state index is 0.307. The van der Waals surface area contributed by atoms with Crippen LogP contribution in [0.1, 0.15) is 5.56 Å². The molecule has 0 fully saturated rings. The smallest absolute Gasteiger partial charge is 0.316 e. The fourth-order valence-electron chi connectivity index (χ4n) is 2.41. The summed E-state index contributed by atoms with van der Waals surface area (Å²) in [7, 11) is 0. The number of fused-ring (bicyclic) bond motifs is 1. The molecule has 2 aromatic heterocycles. The van der Waals surface area contributed by atoms with Crippen molar-refractivity contribution in [2.45, 2.75) is 6.54 Å². The van der Waals surface area contributed by atoms with E-state index in [1.54, 1.807) is 12.1 Å². The van der Waals surface area contributed by atoms with Crippen LogP contribution in [0.25, 0.3) is 22.4 Å². The minimum absolute atomic E-state index is 0.307. The first-order chi connectivity index (χ1) is 12.1. The largest absolute Gasteiger partial charge is 0.403 e. The van der Waals surface area contributed by atoms with Gasteiger partial charge in [0.15, 0.2) is 5.82 Å². The summed E-state index contributed by atoms with van der Waals surface area (Å²) in [5.41, 5.74) is 8.37. The second kappa shape index (κ2) is 6.27. The lowest BCUT2D eigenvalue weighted by Crippen LogP contribution is -1.99. The molecule has 0 unspecified atom stereocenters. The SMILES string of the molecule is Nc1n[nH]c2ccc(-c3nnc(NCc4ccc(Cl)c(Cl)c4)o3)cc12. The van der Waals surface area contributed by atoms with Crippen LogP contribution in [0.2, 0.25) is 10.0 Å². The molecule has 0 aliphatic heterocycles. The highest BCUT2D eigenvalue weighted by atomic mass is 35.5. The van der Waals surface area contributed by atoms with Crippen molar-refractivity contribution in [3.63, 3.8) is 0 Å². The number of nitrogen functional groups attached to an aromatic ring is 1. The van der Waals surface area contributed by atoms with Crippen LogP contribution < -0.4 is 11.1 Å². The van der Waals surface area contributed by atoms with Crippen LogP contribution >= 0.6 is 23.2 Å². The summed E-state index contributed by atoms with van der Waals surface area (Å²) in [5, 5.41) is 19.7. The molecule has 2 aromatic carbocycles. The number of anilines is 2. The maximum atomic E-state index is 6.00. The van der Waals surface area contributed by atoms with Gasteiger partial charge in [0.05, 0.1) is 15.6 Å². The molecule has 4 N–H and O–H groups in total. The zero-order valence-corrected chi connectivity index (χ0v) is 14.3. The molecule has 2 heterocycles. The molecule has 0 atom stereocenters. The van der Waals surface area contributed by atoms with E-state index in [1.807, 2.05) is 24.3 Å². The molecule has 4 aromatic rings. The predicted octanol–water partition coefficient (Wildman–Crippen LogP) is 4.11. The third kappa shape index (κ3) is 3.11. The molecule has 0 amide bonds. The van der Waals surface area contributed by atoms with Crippen LogP contribution in [0.15, 0.2) is 40.8 Å². The van der Waals surface area contributed by atoms with Gasteiger partial charge in [-0.05, 0) is 35.9 Å². The van der Waals surface area contributed by atoms with E-state index >= 15 is 0 Å². The molecule has 0 spiro atoms. The number of hydrogen-bond donors (Lipinski definition) is 3. The van der Waals surface area contributed by atoms with Gasteiger partial charge in [-0.25, -0.2) is 0 Å². The molecule has 0 bridgehead atoms. The second-order valence-electron chi connectivity index (χ2n) is 5.38. The molecule has 0 radical (unpaired) electrons.